The number of carbonyl (C=O) groups is 4. The average Bonchev–Trinajstić information content (AvgIpc) is 3.40. The predicted octanol–water partition coefficient (Wildman–Crippen LogP) is 15.7. The molecule has 19 heteroatoms. The molecule has 0 saturated carbocycles. The fourth-order valence-corrected chi connectivity index (χ4v) is 10.2. The molecule has 78 heavy (non-hydrogen) atoms. The van der Waals surface area contributed by atoms with Crippen molar-refractivity contribution in [2.45, 2.75) is 304 Å². The topological polar surface area (TPSA) is 237 Å². The summed E-state index contributed by atoms with van der Waals surface area (Å²) in [5.74, 6) is -0.747. The SMILES string of the molecule is CCCCCCCCCCCCCC(=O)O[C@H](COC(=O)CCCCCCCCC(C)CC)COP(=O)(O)OC[C@@H](O)COP(=O)(O)OC[C@@H](COC(=O)CCCCCCCCCC)OC(=O)CCCCCCCCC(C)C. The van der Waals surface area contributed by atoms with Gasteiger partial charge in [0.1, 0.15) is 19.3 Å². The molecular weight excluding hydrogens is 1040 g/mol. The van der Waals surface area contributed by atoms with Crippen molar-refractivity contribution in [2.24, 2.45) is 11.8 Å². The van der Waals surface area contributed by atoms with Crippen molar-refractivity contribution in [2.75, 3.05) is 39.6 Å². The first-order chi connectivity index (χ1) is 37.4. The minimum absolute atomic E-state index is 0.102. The highest BCUT2D eigenvalue weighted by atomic mass is 31.2. The van der Waals surface area contributed by atoms with E-state index in [-0.39, 0.29) is 25.7 Å². The Morgan fingerprint density at radius 2 is 0.654 bits per heavy atom. The summed E-state index contributed by atoms with van der Waals surface area (Å²) in [6.07, 6.45) is 32.3. The number of hydrogen-bond acceptors (Lipinski definition) is 15. The molecule has 0 aliphatic carbocycles. The highest BCUT2D eigenvalue weighted by Gasteiger charge is 2.30. The Kier molecular flexibility index (Phi) is 50.6. The summed E-state index contributed by atoms with van der Waals surface area (Å²) < 4.78 is 67.7. The van der Waals surface area contributed by atoms with E-state index in [1.165, 1.54) is 89.9 Å². The number of rotatable bonds is 58. The van der Waals surface area contributed by atoms with E-state index in [0.29, 0.717) is 31.6 Å². The number of aliphatic hydroxyl groups excluding tert-OH is 1. The van der Waals surface area contributed by atoms with Crippen molar-refractivity contribution in [1.82, 2.24) is 0 Å². The number of hydrogen-bond donors (Lipinski definition) is 3. The number of ether oxygens (including phenoxy) is 4. The lowest BCUT2D eigenvalue weighted by atomic mass is 10.00. The number of phosphoric acid groups is 2. The molecule has 3 N–H and O–H groups in total. The van der Waals surface area contributed by atoms with Crippen LogP contribution in [0.2, 0.25) is 0 Å². The molecule has 0 heterocycles. The van der Waals surface area contributed by atoms with E-state index in [4.69, 9.17) is 37.0 Å². The largest absolute Gasteiger partial charge is 0.472 e. The highest BCUT2D eigenvalue weighted by molar-refractivity contribution is 7.47. The first-order valence-electron chi connectivity index (χ1n) is 31.0. The van der Waals surface area contributed by atoms with Gasteiger partial charge in [-0.15, -0.1) is 0 Å². The third-order valence-electron chi connectivity index (χ3n) is 13.8. The van der Waals surface area contributed by atoms with Gasteiger partial charge in [0.15, 0.2) is 12.2 Å². The molecule has 0 fully saturated rings. The second kappa shape index (κ2) is 51.9. The van der Waals surface area contributed by atoms with E-state index < -0.39 is 97.5 Å². The molecule has 0 aliphatic rings. The van der Waals surface area contributed by atoms with Gasteiger partial charge >= 0.3 is 39.5 Å². The second-order valence-electron chi connectivity index (χ2n) is 22.1. The third kappa shape index (κ3) is 52.2. The summed E-state index contributed by atoms with van der Waals surface area (Å²) in [6.45, 7) is 9.29. The van der Waals surface area contributed by atoms with Gasteiger partial charge in [-0.3, -0.25) is 37.3 Å². The molecule has 0 aromatic heterocycles. The van der Waals surface area contributed by atoms with E-state index in [9.17, 15) is 43.2 Å². The van der Waals surface area contributed by atoms with Crippen LogP contribution >= 0.6 is 15.6 Å². The Balaban J connectivity index is 5.23. The molecule has 0 aromatic carbocycles. The lowest BCUT2D eigenvalue weighted by Crippen LogP contribution is -2.30. The molecule has 6 atom stereocenters. The van der Waals surface area contributed by atoms with Crippen molar-refractivity contribution in [3.63, 3.8) is 0 Å². The molecule has 17 nitrogen and oxygen atoms in total. The third-order valence-corrected chi connectivity index (χ3v) is 15.7. The monoisotopic (exact) mass is 1160 g/mol. The fourth-order valence-electron chi connectivity index (χ4n) is 8.61. The zero-order valence-corrected chi connectivity index (χ0v) is 51.7. The summed E-state index contributed by atoms with van der Waals surface area (Å²) in [5.41, 5.74) is 0. The predicted molar refractivity (Wildman–Crippen MR) is 308 cm³/mol. The van der Waals surface area contributed by atoms with Crippen LogP contribution in [0.5, 0.6) is 0 Å². The van der Waals surface area contributed by atoms with Gasteiger partial charge in [0, 0.05) is 25.7 Å². The fraction of sp³-hybridized carbons (Fsp3) is 0.932. The van der Waals surface area contributed by atoms with Crippen LogP contribution in [0.25, 0.3) is 0 Å². The van der Waals surface area contributed by atoms with E-state index in [0.717, 1.165) is 109 Å². The van der Waals surface area contributed by atoms with Gasteiger partial charge in [-0.2, -0.15) is 0 Å². The molecule has 3 unspecified atom stereocenters. The first-order valence-corrected chi connectivity index (χ1v) is 34.0. The van der Waals surface area contributed by atoms with E-state index in [2.05, 4.69) is 41.5 Å². The Morgan fingerprint density at radius 1 is 0.372 bits per heavy atom. The highest BCUT2D eigenvalue weighted by Crippen LogP contribution is 2.45. The van der Waals surface area contributed by atoms with Crippen LogP contribution in [0.1, 0.15) is 286 Å². The molecule has 0 aromatic rings. The van der Waals surface area contributed by atoms with Crippen molar-refractivity contribution >= 4 is 39.5 Å². The van der Waals surface area contributed by atoms with E-state index in [1.54, 1.807) is 0 Å². The van der Waals surface area contributed by atoms with Crippen LogP contribution in [-0.4, -0.2) is 96.7 Å². The summed E-state index contributed by atoms with van der Waals surface area (Å²) in [7, 11) is -9.87. The lowest BCUT2D eigenvalue weighted by molar-refractivity contribution is -0.161. The maximum Gasteiger partial charge on any atom is 0.472 e. The number of aliphatic hydroxyl groups is 1. The van der Waals surface area contributed by atoms with Gasteiger partial charge in [-0.1, -0.05) is 234 Å². The maximum absolute atomic E-state index is 12.9. The number of unbranched alkanes of at least 4 members (excludes halogenated alkanes) is 27. The summed E-state index contributed by atoms with van der Waals surface area (Å²) in [5, 5.41) is 10.5. The van der Waals surface area contributed by atoms with Crippen molar-refractivity contribution in [3.8, 4) is 0 Å². The zero-order valence-electron chi connectivity index (χ0n) is 50.0. The van der Waals surface area contributed by atoms with Crippen molar-refractivity contribution in [1.29, 1.82) is 0 Å². The van der Waals surface area contributed by atoms with E-state index in [1.807, 2.05) is 0 Å². The quantitative estimate of drug-likeness (QED) is 0.0222. The Bertz CT molecular complexity index is 1550. The Hall–Kier alpha value is -1.94. The van der Waals surface area contributed by atoms with Gasteiger partial charge in [-0.05, 0) is 37.5 Å². The Labute approximate surface area is 473 Å². The molecule has 0 aliphatic heterocycles. The molecule has 0 saturated heterocycles. The van der Waals surface area contributed by atoms with E-state index >= 15 is 0 Å². The minimum atomic E-state index is -4.94. The summed E-state index contributed by atoms with van der Waals surface area (Å²) in [4.78, 5) is 71.8. The van der Waals surface area contributed by atoms with Crippen LogP contribution in [0.4, 0.5) is 0 Å². The molecule has 0 spiro atoms. The standard InChI is InChI=1S/C59H114O17P2/c1-7-10-12-14-16-18-19-20-22-31-37-43-58(63)75-54(48-70-57(62)42-36-30-26-24-28-34-40-52(6)9-3)49-73-77(65,66)71-45-53(60)46-72-78(67,68)74-50-55(47-69-56(61)41-35-29-21-17-15-13-11-8-2)76-59(64)44-38-32-25-23-27-33-39-51(4)5/h51-55,60H,7-50H2,1-6H3,(H,65,66)(H,67,68)/t52?,53-,54-,55-/m1/s1. The van der Waals surface area contributed by atoms with Gasteiger partial charge in [0.05, 0.1) is 26.4 Å². The molecule has 0 rings (SSSR count). The van der Waals surface area contributed by atoms with Crippen molar-refractivity contribution in [3.05, 3.63) is 0 Å². The lowest BCUT2D eigenvalue weighted by Gasteiger charge is -2.21. The zero-order chi connectivity index (χ0) is 58.0. The average molecular weight is 1160 g/mol. The number of esters is 4. The maximum atomic E-state index is 12.9. The number of carbonyl (C=O) groups excluding carboxylic acids is 4. The van der Waals surface area contributed by atoms with Gasteiger partial charge in [0.2, 0.25) is 0 Å². The van der Waals surface area contributed by atoms with Gasteiger partial charge in [-0.25, -0.2) is 9.13 Å². The number of phosphoric ester groups is 2. The van der Waals surface area contributed by atoms with Gasteiger partial charge in [0.25, 0.3) is 0 Å². The molecular formula is C59H114O17P2. The van der Waals surface area contributed by atoms with Gasteiger partial charge < -0.3 is 33.8 Å². The molecule has 0 bridgehead atoms. The normalized spacial score (nSPS) is 14.8. The summed E-state index contributed by atoms with van der Waals surface area (Å²) in [6, 6.07) is 0. The molecule has 0 radical (unpaired) electrons. The smallest absolute Gasteiger partial charge is 0.462 e. The minimum Gasteiger partial charge on any atom is -0.462 e. The van der Waals surface area contributed by atoms with Crippen molar-refractivity contribution < 1.29 is 80.2 Å². The van der Waals surface area contributed by atoms with Crippen LogP contribution in [0, 0.1) is 11.8 Å². The van der Waals surface area contributed by atoms with Crippen LogP contribution in [0.15, 0.2) is 0 Å². The van der Waals surface area contributed by atoms with Crippen LogP contribution in [-0.2, 0) is 65.4 Å². The summed E-state index contributed by atoms with van der Waals surface area (Å²) >= 11 is 0. The Morgan fingerprint density at radius 3 is 0.974 bits per heavy atom. The van der Waals surface area contributed by atoms with Crippen LogP contribution < -0.4 is 0 Å². The molecule has 462 valence electrons. The first kappa shape index (κ1) is 76.1. The second-order valence-corrected chi connectivity index (χ2v) is 25.0. The molecule has 0 amide bonds. The van der Waals surface area contributed by atoms with Crippen LogP contribution in [0.3, 0.4) is 0 Å².